The molecule has 1 atom stereocenters. The molecule has 0 aliphatic heterocycles. The normalized spacial score (nSPS) is 12.2. The first kappa shape index (κ1) is 13.9. The molecule has 1 unspecified atom stereocenters. The van der Waals surface area contributed by atoms with Gasteiger partial charge in [-0.1, -0.05) is 18.5 Å². The smallest absolute Gasteiger partial charge is 0.230 e. The molecule has 1 heterocycles. The van der Waals surface area contributed by atoms with Crippen LogP contribution in [0.1, 0.15) is 26.2 Å². The van der Waals surface area contributed by atoms with E-state index in [2.05, 4.69) is 22.2 Å². The minimum absolute atomic E-state index is 0.101. The molecule has 0 radical (unpaired) electrons. The van der Waals surface area contributed by atoms with E-state index < -0.39 is 0 Å². The molecule has 0 fully saturated rings. The lowest BCUT2D eigenvalue weighted by Crippen LogP contribution is -2.15. The average molecular weight is 257 g/mol. The summed E-state index contributed by atoms with van der Waals surface area (Å²) in [5.74, 6) is 0.594. The van der Waals surface area contributed by atoms with Crippen molar-refractivity contribution < 1.29 is 4.79 Å². The minimum Gasteiger partial charge on any atom is -0.330 e. The molecular formula is C11H17ClN4O. The number of aromatic nitrogens is 2. The van der Waals surface area contributed by atoms with Crippen molar-refractivity contribution >= 4 is 23.5 Å². The summed E-state index contributed by atoms with van der Waals surface area (Å²) in [6.07, 6.45) is 3.68. The van der Waals surface area contributed by atoms with E-state index in [4.69, 9.17) is 17.3 Å². The zero-order valence-corrected chi connectivity index (χ0v) is 10.6. The molecule has 1 rings (SSSR count). The van der Waals surface area contributed by atoms with E-state index in [0.717, 1.165) is 12.8 Å². The molecule has 1 aromatic rings. The largest absolute Gasteiger partial charge is 0.330 e. The lowest BCUT2D eigenvalue weighted by atomic mass is 10.0. The van der Waals surface area contributed by atoms with Crippen LogP contribution < -0.4 is 11.1 Å². The molecule has 0 aliphatic carbocycles. The molecule has 1 amide bonds. The maximum absolute atomic E-state index is 11.6. The Hall–Kier alpha value is -1.20. The fourth-order valence-corrected chi connectivity index (χ4v) is 1.53. The molecule has 0 spiro atoms. The van der Waals surface area contributed by atoms with Crippen LogP contribution in [0.25, 0.3) is 0 Å². The van der Waals surface area contributed by atoms with E-state index in [1.807, 2.05) is 0 Å². The Kier molecular flexibility index (Phi) is 5.86. The molecule has 0 aromatic carbocycles. The van der Waals surface area contributed by atoms with E-state index in [9.17, 15) is 4.79 Å². The van der Waals surface area contributed by atoms with Gasteiger partial charge >= 0.3 is 0 Å². The van der Waals surface area contributed by atoms with Crippen molar-refractivity contribution in [3.63, 3.8) is 0 Å². The SMILES string of the molecule is CC(CCN)CCC(=O)Nc1nccc(Cl)n1. The van der Waals surface area contributed by atoms with Gasteiger partial charge in [0.15, 0.2) is 0 Å². The van der Waals surface area contributed by atoms with Gasteiger partial charge in [0, 0.05) is 12.6 Å². The van der Waals surface area contributed by atoms with Gasteiger partial charge in [-0.25, -0.2) is 9.97 Å². The topological polar surface area (TPSA) is 80.9 Å². The van der Waals surface area contributed by atoms with Crippen LogP contribution in [0.15, 0.2) is 12.3 Å². The number of hydrogen-bond acceptors (Lipinski definition) is 4. The fourth-order valence-electron chi connectivity index (χ4n) is 1.39. The summed E-state index contributed by atoms with van der Waals surface area (Å²) in [5, 5.41) is 2.92. The summed E-state index contributed by atoms with van der Waals surface area (Å²) >= 11 is 5.68. The molecule has 0 bridgehead atoms. The van der Waals surface area contributed by atoms with Crippen molar-refractivity contribution in [2.45, 2.75) is 26.2 Å². The Bertz CT molecular complexity index is 372. The lowest BCUT2D eigenvalue weighted by Gasteiger charge is -2.09. The maximum Gasteiger partial charge on any atom is 0.230 e. The highest BCUT2D eigenvalue weighted by Crippen LogP contribution is 2.10. The van der Waals surface area contributed by atoms with Crippen LogP contribution in [0.4, 0.5) is 5.95 Å². The van der Waals surface area contributed by atoms with Crippen molar-refractivity contribution in [3.8, 4) is 0 Å². The summed E-state index contributed by atoms with van der Waals surface area (Å²) in [4.78, 5) is 19.3. The quantitative estimate of drug-likeness (QED) is 0.761. The van der Waals surface area contributed by atoms with Crippen molar-refractivity contribution in [1.82, 2.24) is 9.97 Å². The second-order valence-corrected chi connectivity index (χ2v) is 4.36. The number of halogens is 1. The zero-order chi connectivity index (χ0) is 12.7. The number of rotatable bonds is 6. The van der Waals surface area contributed by atoms with Gasteiger partial charge in [0.1, 0.15) is 5.15 Å². The molecular weight excluding hydrogens is 240 g/mol. The van der Waals surface area contributed by atoms with Crippen LogP contribution in [0.3, 0.4) is 0 Å². The molecule has 1 aromatic heterocycles. The van der Waals surface area contributed by atoms with Crippen LogP contribution in [0.5, 0.6) is 0 Å². The summed E-state index contributed by atoms with van der Waals surface area (Å²) < 4.78 is 0. The number of amides is 1. The zero-order valence-electron chi connectivity index (χ0n) is 9.82. The van der Waals surface area contributed by atoms with Gasteiger partial charge in [-0.3, -0.25) is 10.1 Å². The predicted octanol–water partition coefficient (Wildman–Crippen LogP) is 1.83. The van der Waals surface area contributed by atoms with Crippen LogP contribution in [-0.4, -0.2) is 22.4 Å². The standard InChI is InChI=1S/C11H17ClN4O/c1-8(4-6-13)2-3-10(17)16-11-14-7-5-9(12)15-11/h5,7-8H,2-4,6,13H2,1H3,(H,14,15,16,17). The molecule has 0 saturated heterocycles. The lowest BCUT2D eigenvalue weighted by molar-refractivity contribution is -0.116. The monoisotopic (exact) mass is 256 g/mol. The number of nitrogens with zero attached hydrogens (tertiary/aromatic N) is 2. The molecule has 0 saturated carbocycles. The van der Waals surface area contributed by atoms with Crippen LogP contribution >= 0.6 is 11.6 Å². The van der Waals surface area contributed by atoms with Gasteiger partial charge in [-0.2, -0.15) is 0 Å². The van der Waals surface area contributed by atoms with Crippen molar-refractivity contribution in [3.05, 3.63) is 17.4 Å². The Morgan fingerprint density at radius 1 is 1.59 bits per heavy atom. The predicted molar refractivity (Wildman–Crippen MR) is 67.7 cm³/mol. The minimum atomic E-state index is -0.101. The number of carbonyl (C=O) groups excluding carboxylic acids is 1. The van der Waals surface area contributed by atoms with Crippen LogP contribution in [-0.2, 0) is 4.79 Å². The van der Waals surface area contributed by atoms with Gasteiger partial charge in [-0.05, 0) is 31.4 Å². The van der Waals surface area contributed by atoms with E-state index in [-0.39, 0.29) is 11.9 Å². The summed E-state index contributed by atoms with van der Waals surface area (Å²) in [6, 6.07) is 1.56. The second kappa shape index (κ2) is 7.19. The average Bonchev–Trinajstić information content (AvgIpc) is 2.27. The molecule has 17 heavy (non-hydrogen) atoms. The van der Waals surface area contributed by atoms with Crippen LogP contribution in [0.2, 0.25) is 5.15 Å². The highest BCUT2D eigenvalue weighted by molar-refractivity contribution is 6.29. The number of anilines is 1. The third-order valence-electron chi connectivity index (χ3n) is 2.40. The van der Waals surface area contributed by atoms with Gasteiger partial charge in [0.2, 0.25) is 11.9 Å². The first-order valence-electron chi connectivity index (χ1n) is 5.60. The first-order chi connectivity index (χ1) is 8.11. The highest BCUT2D eigenvalue weighted by atomic mass is 35.5. The van der Waals surface area contributed by atoms with Crippen molar-refractivity contribution in [2.75, 3.05) is 11.9 Å². The molecule has 6 heteroatoms. The third-order valence-corrected chi connectivity index (χ3v) is 2.61. The molecule has 3 N–H and O–H groups in total. The van der Waals surface area contributed by atoms with Gasteiger partial charge in [-0.15, -0.1) is 0 Å². The maximum atomic E-state index is 11.6. The van der Waals surface area contributed by atoms with Crippen molar-refractivity contribution in [2.24, 2.45) is 11.7 Å². The third kappa shape index (κ3) is 5.60. The number of hydrogen-bond donors (Lipinski definition) is 2. The Morgan fingerprint density at radius 3 is 3.00 bits per heavy atom. The Morgan fingerprint density at radius 2 is 2.35 bits per heavy atom. The molecule has 94 valence electrons. The summed E-state index contributed by atoms with van der Waals surface area (Å²) in [7, 11) is 0. The first-order valence-corrected chi connectivity index (χ1v) is 5.98. The Labute approximate surface area is 106 Å². The van der Waals surface area contributed by atoms with Gasteiger partial charge in [0.05, 0.1) is 0 Å². The second-order valence-electron chi connectivity index (χ2n) is 3.97. The molecule has 5 nitrogen and oxygen atoms in total. The summed E-state index contributed by atoms with van der Waals surface area (Å²) in [6.45, 7) is 2.73. The van der Waals surface area contributed by atoms with E-state index >= 15 is 0 Å². The van der Waals surface area contributed by atoms with Gasteiger partial charge in [0.25, 0.3) is 0 Å². The molecule has 0 aliphatic rings. The van der Waals surface area contributed by atoms with E-state index in [1.165, 1.54) is 6.20 Å². The highest BCUT2D eigenvalue weighted by Gasteiger charge is 2.08. The summed E-state index contributed by atoms with van der Waals surface area (Å²) in [5.41, 5.74) is 5.44. The van der Waals surface area contributed by atoms with Crippen molar-refractivity contribution in [1.29, 1.82) is 0 Å². The number of carbonyl (C=O) groups is 1. The van der Waals surface area contributed by atoms with Gasteiger partial charge < -0.3 is 5.73 Å². The van der Waals surface area contributed by atoms with E-state index in [0.29, 0.717) is 24.0 Å². The van der Waals surface area contributed by atoms with Crippen LogP contribution in [0, 0.1) is 5.92 Å². The van der Waals surface area contributed by atoms with E-state index in [1.54, 1.807) is 6.07 Å². The number of nitrogens with two attached hydrogens (primary N) is 1. The fraction of sp³-hybridized carbons (Fsp3) is 0.545. The number of nitrogens with one attached hydrogen (secondary N) is 1. The Balaban J connectivity index is 2.34.